The zero-order valence-corrected chi connectivity index (χ0v) is 88.8. The molecule has 137 heavy (non-hydrogen) atoms. The van der Waals surface area contributed by atoms with Crippen molar-refractivity contribution in [2.24, 2.45) is 0 Å². The summed E-state index contributed by atoms with van der Waals surface area (Å²) in [7, 11) is -5.29. The van der Waals surface area contributed by atoms with Crippen LogP contribution in [0.15, 0.2) is 237 Å². The number of rotatable bonds is 10. The number of fused-ring (bicyclic) bond motifs is 5. The van der Waals surface area contributed by atoms with E-state index in [1.807, 2.05) is 130 Å². The molecule has 22 heteroatoms. The Bertz CT molecular complexity index is 6390. The summed E-state index contributed by atoms with van der Waals surface area (Å²) in [6.45, 7) is 64.3. The minimum atomic E-state index is -4.24. The second-order valence-corrected chi connectivity index (χ2v) is 47.8. The standard InChI is InChI=1S/C20H27BO2.C16H24BFO2.2C15H18O.2C14H16O.C11H16FO3P.C10H14FO4P/c1-18(2,3)17-13-15(12-14-10-8-9-11-16(14)17)21-22-19(4,5)20(6,7)23-21;1-14(2,3)13-11(9-8-10-12(13)18)17-19-15(4,5)16(6,7)20-17;1-15(2,3)14-10-12(16-4)9-11-7-5-6-8-13(11)14;1-15(2,3)14-12-8-6-5-7-11(12)9-10-13(14)16-4;1-14(2,3)13-9-11(15)8-10-6-4-5-7-12(10)13;1-14(2,3)12-8-10-6-4-5-7-11(10)9-13(12)15;1-11(2,3)10-8(12)6-5-7-9(10)15-16(4,13)14;1-7(2)10-8(11)4-3-5-9(10)15-6-16(12,13)14/h8-13H,1-7H3;8-10H,1-7H3;2*5-10H,1-4H3;2*4-9,15H,1-3H3;5-7,13-14H,4H2,1-3H3;3-5,7H,6H2,1-2H3,(H2,12,13,14). The Morgan fingerprint density at radius 3 is 1.18 bits per heavy atom. The Morgan fingerprint density at radius 1 is 0.365 bits per heavy atom. The van der Waals surface area contributed by atoms with E-state index >= 15 is 0 Å². The fourth-order valence-corrected chi connectivity index (χ4v) is 17.1. The van der Waals surface area contributed by atoms with Crippen molar-refractivity contribution >= 4 is 100 Å². The average molecular weight is 1910 g/mol. The first-order valence-electron chi connectivity index (χ1n) is 46.7. The zero-order valence-electron chi connectivity index (χ0n) is 87.0. The molecule has 0 aliphatic carbocycles. The van der Waals surface area contributed by atoms with Crippen LogP contribution < -0.4 is 29.7 Å². The van der Waals surface area contributed by atoms with Crippen molar-refractivity contribution in [3.63, 3.8) is 0 Å². The number of phenolic OH excluding ortho intramolecular Hbond substituents is 2. The Labute approximate surface area is 814 Å². The minimum Gasteiger partial charge on any atom is -0.508 e. The number of aromatic hydroxyl groups is 2. The van der Waals surface area contributed by atoms with Crippen molar-refractivity contribution in [1.82, 2.24) is 0 Å². The molecule has 0 unspecified atom stereocenters. The van der Waals surface area contributed by atoms with Crippen LogP contribution in [0.4, 0.5) is 13.2 Å². The minimum absolute atomic E-state index is 0.0197. The van der Waals surface area contributed by atoms with Crippen LogP contribution >= 0.6 is 15.2 Å². The summed E-state index contributed by atoms with van der Waals surface area (Å²) < 4.78 is 97.3. The summed E-state index contributed by atoms with van der Waals surface area (Å²) >= 11 is 0. The molecule has 0 atom stereocenters. The third-order valence-electron chi connectivity index (χ3n) is 24.5. The van der Waals surface area contributed by atoms with Crippen molar-refractivity contribution in [2.75, 3.05) is 20.6 Å². The topological polar surface area (TPSA) is 212 Å². The highest BCUT2D eigenvalue weighted by Crippen LogP contribution is 2.47. The number of phenols is 2. The Hall–Kier alpha value is -9.91. The van der Waals surface area contributed by atoms with E-state index in [2.05, 4.69) is 265 Å². The van der Waals surface area contributed by atoms with E-state index in [0.717, 1.165) is 38.8 Å². The van der Waals surface area contributed by atoms with Gasteiger partial charge in [0.1, 0.15) is 51.9 Å². The Kier molecular flexibility index (Phi) is 36.0. The quantitative estimate of drug-likeness (QED) is 0.0555. The molecular formula is C115H149B2F3O15P2. The molecule has 2 aliphatic rings. The van der Waals surface area contributed by atoms with Crippen LogP contribution in [0.3, 0.4) is 0 Å². The molecule has 736 valence electrons. The normalized spacial score (nSPS) is 14.7. The number of halogens is 3. The highest BCUT2D eigenvalue weighted by molar-refractivity contribution is 7.58. The molecule has 0 radical (unpaired) electrons. The second-order valence-electron chi connectivity index (χ2n) is 44.7. The van der Waals surface area contributed by atoms with Crippen LogP contribution in [0.2, 0.25) is 0 Å². The molecular weight excluding hydrogens is 1760 g/mol. The fraction of sp³-hybridized carbons (Fsp3) is 0.400. The maximum atomic E-state index is 14.3. The molecule has 0 bridgehead atoms. The van der Waals surface area contributed by atoms with E-state index < -0.39 is 56.9 Å². The molecule has 2 heterocycles. The predicted octanol–water partition coefficient (Wildman–Crippen LogP) is 29.0. The highest BCUT2D eigenvalue weighted by atomic mass is 31.2. The summed E-state index contributed by atoms with van der Waals surface area (Å²) in [5.41, 5.74) is 7.42. The smallest absolute Gasteiger partial charge is 0.495 e. The van der Waals surface area contributed by atoms with Gasteiger partial charge in [-0.1, -0.05) is 323 Å². The van der Waals surface area contributed by atoms with Crippen molar-refractivity contribution < 1.29 is 84.9 Å². The Morgan fingerprint density at radius 2 is 0.745 bits per heavy atom. The lowest BCUT2D eigenvalue weighted by Gasteiger charge is -2.32. The van der Waals surface area contributed by atoms with Gasteiger partial charge in [0, 0.05) is 16.7 Å². The predicted molar refractivity (Wildman–Crippen MR) is 568 cm³/mol. The van der Waals surface area contributed by atoms with Crippen LogP contribution in [-0.4, -0.2) is 93.3 Å². The average Bonchev–Trinajstić information content (AvgIpc) is 1.61. The third-order valence-corrected chi connectivity index (χ3v) is 25.5. The summed E-state index contributed by atoms with van der Waals surface area (Å²) in [5, 5.41) is 31.9. The van der Waals surface area contributed by atoms with Gasteiger partial charge in [-0.05, 0) is 271 Å². The van der Waals surface area contributed by atoms with Crippen LogP contribution in [0.1, 0.15) is 265 Å². The highest BCUT2D eigenvalue weighted by Gasteiger charge is 2.54. The molecule has 2 fully saturated rings. The van der Waals surface area contributed by atoms with E-state index in [4.69, 9.17) is 56.9 Å². The molecule has 2 aliphatic heterocycles. The molecule has 2 saturated heterocycles. The molecule has 15 nitrogen and oxygen atoms in total. The van der Waals surface area contributed by atoms with E-state index in [-0.39, 0.29) is 74.0 Å². The maximum Gasteiger partial charge on any atom is 0.495 e. The van der Waals surface area contributed by atoms with Gasteiger partial charge in [-0.2, -0.15) is 0 Å². The van der Waals surface area contributed by atoms with Crippen molar-refractivity contribution in [1.29, 1.82) is 0 Å². The van der Waals surface area contributed by atoms with Gasteiger partial charge in [0.25, 0.3) is 7.57 Å². The SMILES string of the molecule is C=P(O)(O)Oc1cccc(F)c1C(C)(C)C.CC(C)(C)c1c(F)cccc1B1OC(C)(C)C(C)(C)O1.CC(C)(C)c1cc(B2OC(C)(C)C(C)(C)O2)cc2ccccc12.CC(C)(C)c1cc(O)cc2ccccc12.CC(C)(C)c1cc2ccccc2cc1O.CC(C)c1c(F)cccc1OCP(=O)(O)O.COc1cc(C(C)(C)C)c2ccccc2c1.COc1ccc2ccccc2c1C(C)(C)C. The molecule has 0 saturated carbocycles. The van der Waals surface area contributed by atoms with Crippen LogP contribution in [-0.2, 0) is 61.1 Å². The van der Waals surface area contributed by atoms with Gasteiger partial charge in [-0.3, -0.25) is 4.57 Å². The van der Waals surface area contributed by atoms with Crippen LogP contribution in [0, 0.1) is 17.5 Å². The van der Waals surface area contributed by atoms with Crippen molar-refractivity contribution in [3.05, 3.63) is 299 Å². The first-order valence-corrected chi connectivity index (χ1v) is 50.3. The first-order chi connectivity index (χ1) is 62.9. The molecule has 6 N–H and O–H groups in total. The number of methoxy groups -OCH3 is 2. The van der Waals surface area contributed by atoms with Gasteiger partial charge in [0.2, 0.25) is 0 Å². The van der Waals surface area contributed by atoms with Gasteiger partial charge < -0.3 is 67.1 Å². The molecule has 0 amide bonds. The molecule has 0 aromatic heterocycles. The zero-order chi connectivity index (χ0) is 103. The summed E-state index contributed by atoms with van der Waals surface area (Å²) in [6, 6.07) is 75.8. The van der Waals surface area contributed by atoms with Crippen molar-refractivity contribution in [3.8, 4) is 34.5 Å². The monoisotopic (exact) mass is 1910 g/mol. The first kappa shape index (κ1) is 112. The lowest BCUT2D eigenvalue weighted by atomic mass is 9.69. The van der Waals surface area contributed by atoms with Gasteiger partial charge in [0.05, 0.1) is 36.6 Å². The summed E-state index contributed by atoms with van der Waals surface area (Å²) in [5.74, 6) is 1.77. The van der Waals surface area contributed by atoms with E-state index in [1.54, 1.807) is 34.1 Å². The number of hydrogen-bond donors (Lipinski definition) is 6. The van der Waals surface area contributed by atoms with E-state index in [9.17, 15) is 27.9 Å². The third kappa shape index (κ3) is 29.8. The maximum absolute atomic E-state index is 14.3. The van der Waals surface area contributed by atoms with Gasteiger partial charge in [-0.15, -0.1) is 0 Å². The van der Waals surface area contributed by atoms with Gasteiger partial charge in [-0.25, -0.2) is 13.2 Å². The largest absolute Gasteiger partial charge is 0.508 e. The van der Waals surface area contributed by atoms with Crippen LogP contribution in [0.5, 0.6) is 34.5 Å². The van der Waals surface area contributed by atoms with Crippen molar-refractivity contribution in [2.45, 2.75) is 281 Å². The van der Waals surface area contributed by atoms with Gasteiger partial charge in [0.15, 0.2) is 6.35 Å². The molecule has 13 aromatic rings. The van der Waals surface area contributed by atoms with E-state index in [0.29, 0.717) is 28.2 Å². The molecule has 15 rings (SSSR count). The lowest BCUT2D eigenvalue weighted by Crippen LogP contribution is -2.41. The molecule has 13 aromatic carbocycles. The number of ether oxygens (including phenoxy) is 3. The summed E-state index contributed by atoms with van der Waals surface area (Å²) in [4.78, 5) is 35.7. The fourth-order valence-electron chi connectivity index (χ4n) is 16.4. The van der Waals surface area contributed by atoms with Gasteiger partial charge >= 0.3 is 21.8 Å². The number of hydrogen-bond acceptors (Lipinski definition) is 13. The molecule has 0 spiro atoms. The Balaban J connectivity index is 0.000000193. The second kappa shape index (κ2) is 43.9. The van der Waals surface area contributed by atoms with Crippen LogP contribution in [0.25, 0.3) is 53.9 Å². The summed E-state index contributed by atoms with van der Waals surface area (Å²) in [6.07, 6.45) is 2.36. The van der Waals surface area contributed by atoms with E-state index in [1.165, 1.54) is 108 Å². The lowest BCUT2D eigenvalue weighted by molar-refractivity contribution is 0.00578. The number of benzene rings is 13.